The summed E-state index contributed by atoms with van der Waals surface area (Å²) in [5, 5.41) is 2.68. The number of ether oxygens (including phenoxy) is 3. The molecule has 1 N–H and O–H groups in total. The number of unbranched alkanes of at least 4 members (excludes halogenated alkanes) is 22. The number of allylic oxidation sites excluding steroid dienone is 4. The molecule has 0 aliphatic heterocycles. The minimum Gasteiger partial charge on any atom is -0.462 e. The number of nitrogens with zero attached hydrogens (tertiary/aromatic N) is 1. The van der Waals surface area contributed by atoms with Crippen LogP contribution in [0.15, 0.2) is 24.3 Å². The number of carbonyl (C=O) groups is 3. The molecular formula is C46H86N2O6. The molecule has 0 aromatic heterocycles. The maximum atomic E-state index is 12.7. The molecule has 0 aliphatic carbocycles. The van der Waals surface area contributed by atoms with E-state index in [1.165, 1.54) is 109 Å². The Bertz CT molecular complexity index is 904. The van der Waals surface area contributed by atoms with E-state index in [1.807, 2.05) is 0 Å². The SMILES string of the molecule is CCCCCCCC/C=C\CCCCCCCC(=O)OCC(CNC(=O)OCCN(CC)CC)OC(=O)CCCCCCC/C=C\CCCCCCCC. The van der Waals surface area contributed by atoms with Crippen LogP contribution in [0.4, 0.5) is 4.79 Å². The van der Waals surface area contributed by atoms with Gasteiger partial charge in [-0.1, -0.05) is 155 Å². The van der Waals surface area contributed by atoms with E-state index in [4.69, 9.17) is 14.2 Å². The Labute approximate surface area is 333 Å². The van der Waals surface area contributed by atoms with Gasteiger partial charge in [-0.05, 0) is 77.3 Å². The summed E-state index contributed by atoms with van der Waals surface area (Å²) in [6, 6.07) is 0. The summed E-state index contributed by atoms with van der Waals surface area (Å²) in [6.07, 6.45) is 39.8. The number of nitrogens with one attached hydrogen (secondary N) is 1. The van der Waals surface area contributed by atoms with Crippen molar-refractivity contribution in [2.45, 2.75) is 214 Å². The Morgan fingerprint density at radius 1 is 0.519 bits per heavy atom. The van der Waals surface area contributed by atoms with Crippen molar-refractivity contribution in [3.8, 4) is 0 Å². The molecule has 1 atom stereocenters. The van der Waals surface area contributed by atoms with Crippen molar-refractivity contribution in [1.82, 2.24) is 10.2 Å². The molecule has 8 heteroatoms. The van der Waals surface area contributed by atoms with Gasteiger partial charge in [0.2, 0.25) is 0 Å². The molecule has 54 heavy (non-hydrogen) atoms. The fourth-order valence-corrected chi connectivity index (χ4v) is 6.37. The number of alkyl carbamates (subject to hydrolysis) is 1. The summed E-state index contributed by atoms with van der Waals surface area (Å²) in [4.78, 5) is 39.7. The van der Waals surface area contributed by atoms with Crippen LogP contribution in [-0.2, 0) is 23.8 Å². The molecule has 0 aromatic rings. The van der Waals surface area contributed by atoms with E-state index in [2.05, 4.69) is 62.2 Å². The Kier molecular flexibility index (Phi) is 40.0. The smallest absolute Gasteiger partial charge is 0.407 e. The standard InChI is InChI=1S/C46H86N2O6/c1-5-9-11-13-15-17-19-21-23-25-27-29-31-33-35-37-44(49)53-42-43(41-47-46(51)52-40-39-48(7-3)8-4)54-45(50)38-36-34-32-30-28-26-24-22-20-18-16-14-12-10-6-2/h21-24,43H,5-20,25-42H2,1-4H3,(H,47,51)/b23-21-,24-22-. The lowest BCUT2D eigenvalue weighted by Crippen LogP contribution is -2.39. The molecule has 1 amide bonds. The molecule has 0 spiro atoms. The second kappa shape index (κ2) is 41.8. The first-order valence-corrected chi connectivity index (χ1v) is 22.7. The summed E-state index contributed by atoms with van der Waals surface area (Å²) in [7, 11) is 0. The van der Waals surface area contributed by atoms with Crippen molar-refractivity contribution in [3.63, 3.8) is 0 Å². The van der Waals surface area contributed by atoms with Crippen LogP contribution in [0.1, 0.15) is 207 Å². The number of hydrogen-bond acceptors (Lipinski definition) is 7. The van der Waals surface area contributed by atoms with Crippen molar-refractivity contribution >= 4 is 18.0 Å². The van der Waals surface area contributed by atoms with Gasteiger partial charge in [0, 0.05) is 19.4 Å². The molecule has 0 radical (unpaired) electrons. The first-order valence-electron chi connectivity index (χ1n) is 22.7. The molecular weight excluding hydrogens is 677 g/mol. The van der Waals surface area contributed by atoms with Gasteiger partial charge in [-0.15, -0.1) is 0 Å². The van der Waals surface area contributed by atoms with Gasteiger partial charge in [0.1, 0.15) is 13.2 Å². The Hall–Kier alpha value is -2.35. The Morgan fingerprint density at radius 2 is 0.926 bits per heavy atom. The summed E-state index contributed by atoms with van der Waals surface area (Å²) in [6.45, 7) is 11.3. The second-order valence-electron chi connectivity index (χ2n) is 15.0. The van der Waals surface area contributed by atoms with Gasteiger partial charge >= 0.3 is 18.0 Å². The first-order chi connectivity index (χ1) is 26.5. The summed E-state index contributed by atoms with van der Waals surface area (Å²) in [5.74, 6) is -0.629. The second-order valence-corrected chi connectivity index (χ2v) is 15.0. The lowest BCUT2D eigenvalue weighted by molar-refractivity contribution is -0.158. The van der Waals surface area contributed by atoms with E-state index >= 15 is 0 Å². The van der Waals surface area contributed by atoms with E-state index in [9.17, 15) is 14.4 Å². The number of carbonyl (C=O) groups excluding carboxylic acids is 3. The predicted molar refractivity (Wildman–Crippen MR) is 227 cm³/mol. The van der Waals surface area contributed by atoms with Crippen LogP contribution in [0.25, 0.3) is 0 Å². The van der Waals surface area contributed by atoms with Crippen molar-refractivity contribution < 1.29 is 28.6 Å². The highest BCUT2D eigenvalue weighted by Crippen LogP contribution is 2.13. The summed E-state index contributed by atoms with van der Waals surface area (Å²) >= 11 is 0. The molecule has 0 fully saturated rings. The van der Waals surface area contributed by atoms with Crippen LogP contribution >= 0.6 is 0 Å². The molecule has 0 bridgehead atoms. The number of esters is 2. The number of rotatable bonds is 40. The van der Waals surface area contributed by atoms with Crippen LogP contribution in [-0.4, -0.2) is 68.4 Å². The topological polar surface area (TPSA) is 94.2 Å². The van der Waals surface area contributed by atoms with Gasteiger partial charge in [0.05, 0.1) is 6.54 Å². The first kappa shape index (κ1) is 51.6. The van der Waals surface area contributed by atoms with Gasteiger partial charge in [0.25, 0.3) is 0 Å². The summed E-state index contributed by atoms with van der Waals surface area (Å²) in [5.41, 5.74) is 0. The van der Waals surface area contributed by atoms with E-state index in [1.54, 1.807) is 0 Å². The fourth-order valence-electron chi connectivity index (χ4n) is 6.37. The van der Waals surface area contributed by atoms with Gasteiger partial charge < -0.3 is 24.4 Å². The molecule has 0 aliphatic rings. The average Bonchev–Trinajstić information content (AvgIpc) is 3.17. The van der Waals surface area contributed by atoms with E-state index in [0.717, 1.165) is 70.9 Å². The highest BCUT2D eigenvalue weighted by molar-refractivity contribution is 5.70. The van der Waals surface area contributed by atoms with E-state index in [-0.39, 0.29) is 31.7 Å². The molecule has 1 unspecified atom stereocenters. The van der Waals surface area contributed by atoms with Gasteiger partial charge in [-0.25, -0.2) is 4.79 Å². The van der Waals surface area contributed by atoms with Crippen LogP contribution in [0.3, 0.4) is 0 Å². The average molecular weight is 763 g/mol. The van der Waals surface area contributed by atoms with Gasteiger partial charge in [-0.3, -0.25) is 9.59 Å². The normalized spacial score (nSPS) is 12.2. The number of hydrogen-bond donors (Lipinski definition) is 1. The Morgan fingerprint density at radius 3 is 1.37 bits per heavy atom. The maximum absolute atomic E-state index is 12.7. The van der Waals surface area contributed by atoms with Crippen LogP contribution in [0.5, 0.6) is 0 Å². The van der Waals surface area contributed by atoms with Crippen LogP contribution in [0.2, 0.25) is 0 Å². The van der Waals surface area contributed by atoms with Gasteiger partial charge in [0.15, 0.2) is 6.10 Å². The third-order valence-electron chi connectivity index (χ3n) is 10.0. The lowest BCUT2D eigenvalue weighted by atomic mass is 10.1. The minimum absolute atomic E-state index is 0.0307. The van der Waals surface area contributed by atoms with E-state index < -0.39 is 12.2 Å². The van der Waals surface area contributed by atoms with Gasteiger partial charge in [-0.2, -0.15) is 0 Å². The largest absolute Gasteiger partial charge is 0.462 e. The highest BCUT2D eigenvalue weighted by atomic mass is 16.6. The molecule has 0 aromatic carbocycles. The third kappa shape index (κ3) is 37.9. The Balaban J connectivity index is 4.31. The number of likely N-dealkylation sites (N-methyl/N-ethyl adjacent to an activating group) is 1. The van der Waals surface area contributed by atoms with Crippen LogP contribution < -0.4 is 5.32 Å². The zero-order chi connectivity index (χ0) is 39.6. The van der Waals surface area contributed by atoms with Crippen LogP contribution in [0, 0.1) is 0 Å². The molecule has 0 rings (SSSR count). The quantitative estimate of drug-likeness (QED) is 0.0287. The van der Waals surface area contributed by atoms with Crippen molar-refractivity contribution in [2.24, 2.45) is 0 Å². The lowest BCUT2D eigenvalue weighted by Gasteiger charge is -2.20. The zero-order valence-corrected chi connectivity index (χ0v) is 35.8. The summed E-state index contributed by atoms with van der Waals surface area (Å²) < 4.78 is 16.5. The highest BCUT2D eigenvalue weighted by Gasteiger charge is 2.19. The molecule has 0 saturated carbocycles. The minimum atomic E-state index is -0.756. The molecule has 8 nitrogen and oxygen atoms in total. The predicted octanol–water partition coefficient (Wildman–Crippen LogP) is 12.6. The third-order valence-corrected chi connectivity index (χ3v) is 10.0. The zero-order valence-electron chi connectivity index (χ0n) is 35.8. The van der Waals surface area contributed by atoms with E-state index in [0.29, 0.717) is 19.4 Å². The molecule has 0 heterocycles. The van der Waals surface area contributed by atoms with Crippen molar-refractivity contribution in [3.05, 3.63) is 24.3 Å². The molecule has 0 saturated heterocycles. The number of amides is 1. The molecule has 316 valence electrons. The van der Waals surface area contributed by atoms with Crippen molar-refractivity contribution in [1.29, 1.82) is 0 Å². The fraction of sp³-hybridized carbons (Fsp3) is 0.848. The maximum Gasteiger partial charge on any atom is 0.407 e. The van der Waals surface area contributed by atoms with Crippen molar-refractivity contribution in [2.75, 3.05) is 39.4 Å². The monoisotopic (exact) mass is 763 g/mol.